The molecule has 0 radical (unpaired) electrons. The lowest BCUT2D eigenvalue weighted by Crippen LogP contribution is -2.40. The van der Waals surface area contributed by atoms with E-state index in [0.717, 1.165) is 6.42 Å². The van der Waals surface area contributed by atoms with Gasteiger partial charge in [-0.05, 0) is 6.42 Å². The Kier molecular flexibility index (Phi) is 8.36. The predicted molar refractivity (Wildman–Crippen MR) is 120 cm³/mol. The molecule has 2 aromatic heterocycles. The van der Waals surface area contributed by atoms with Crippen LogP contribution in [0.5, 0.6) is 0 Å². The van der Waals surface area contributed by atoms with Crippen molar-refractivity contribution < 1.29 is 38.2 Å². The highest BCUT2D eigenvalue weighted by Gasteiger charge is 2.51. The van der Waals surface area contributed by atoms with Crippen molar-refractivity contribution >= 4 is 57.5 Å². The highest BCUT2D eigenvalue weighted by atomic mass is 127. The molecule has 0 aliphatic carbocycles. The van der Waals surface area contributed by atoms with Gasteiger partial charge < -0.3 is 18.9 Å². The standard InChI is InChI=1S/C19H24IN5O8/c1-5-6-30-24-16-13-17(23-19(20)22-16)25(8-21-13)18-15(32-11(4)28)14(31-10(3)27)12(33-18)7-29-9(2)26/h8,12,14-15,18H,5-7H2,1-4H3,(H,22,23,24). The number of ether oxygens (including phenoxy) is 4. The summed E-state index contributed by atoms with van der Waals surface area (Å²) in [6.45, 7) is 5.91. The van der Waals surface area contributed by atoms with E-state index in [2.05, 4.69) is 20.4 Å². The average Bonchev–Trinajstić information content (AvgIpc) is 3.27. The molecule has 1 N–H and O–H groups in total. The van der Waals surface area contributed by atoms with Crippen molar-refractivity contribution in [3.63, 3.8) is 0 Å². The number of esters is 3. The zero-order chi connectivity index (χ0) is 24.1. The first-order valence-corrected chi connectivity index (χ1v) is 11.2. The number of fused-ring (bicyclic) bond motifs is 1. The molecule has 14 heteroatoms. The molecule has 33 heavy (non-hydrogen) atoms. The summed E-state index contributed by atoms with van der Waals surface area (Å²) in [6, 6.07) is 0. The zero-order valence-electron chi connectivity index (χ0n) is 18.4. The number of carbonyl (C=O) groups excluding carboxylic acids is 3. The van der Waals surface area contributed by atoms with Gasteiger partial charge in [-0.2, -0.15) is 0 Å². The number of carbonyl (C=O) groups is 3. The van der Waals surface area contributed by atoms with Gasteiger partial charge in [-0.1, -0.05) is 6.92 Å². The largest absolute Gasteiger partial charge is 0.463 e. The fourth-order valence-electron chi connectivity index (χ4n) is 3.29. The monoisotopic (exact) mass is 577 g/mol. The fraction of sp³-hybridized carbons (Fsp3) is 0.579. The summed E-state index contributed by atoms with van der Waals surface area (Å²) in [5.41, 5.74) is 3.53. The summed E-state index contributed by atoms with van der Waals surface area (Å²) >= 11 is 1.95. The van der Waals surface area contributed by atoms with Crippen molar-refractivity contribution in [3.05, 3.63) is 10.2 Å². The van der Waals surface area contributed by atoms with E-state index in [1.807, 2.05) is 29.5 Å². The van der Waals surface area contributed by atoms with Gasteiger partial charge in [0.1, 0.15) is 12.7 Å². The molecule has 1 aliphatic rings. The van der Waals surface area contributed by atoms with Crippen LogP contribution in [0.2, 0.25) is 0 Å². The quantitative estimate of drug-likeness (QED) is 0.115. The zero-order valence-corrected chi connectivity index (χ0v) is 20.6. The maximum atomic E-state index is 11.9. The molecular weight excluding hydrogens is 553 g/mol. The molecule has 0 spiro atoms. The molecule has 1 fully saturated rings. The third-order valence-corrected chi connectivity index (χ3v) is 4.97. The van der Waals surface area contributed by atoms with E-state index in [-0.39, 0.29) is 6.61 Å². The van der Waals surface area contributed by atoms with Crippen molar-refractivity contribution in [1.29, 1.82) is 0 Å². The number of anilines is 1. The number of rotatable bonds is 9. The van der Waals surface area contributed by atoms with Crippen LogP contribution in [0.25, 0.3) is 11.2 Å². The van der Waals surface area contributed by atoms with Gasteiger partial charge in [0.2, 0.25) is 0 Å². The Morgan fingerprint density at radius 2 is 1.82 bits per heavy atom. The minimum absolute atomic E-state index is 0.210. The Labute approximate surface area is 202 Å². The van der Waals surface area contributed by atoms with Gasteiger partial charge in [-0.3, -0.25) is 23.8 Å². The molecule has 3 rings (SSSR count). The Morgan fingerprint density at radius 1 is 1.12 bits per heavy atom. The second-order valence-corrected chi connectivity index (χ2v) is 8.10. The van der Waals surface area contributed by atoms with Gasteiger partial charge in [-0.15, -0.1) is 0 Å². The Balaban J connectivity index is 2.01. The summed E-state index contributed by atoms with van der Waals surface area (Å²) in [6.07, 6.45) is -1.70. The van der Waals surface area contributed by atoms with Crippen LogP contribution in [0.1, 0.15) is 40.3 Å². The van der Waals surface area contributed by atoms with Gasteiger partial charge in [0.05, 0.1) is 12.9 Å². The minimum atomic E-state index is -1.05. The summed E-state index contributed by atoms with van der Waals surface area (Å²) in [7, 11) is 0. The molecule has 0 aromatic carbocycles. The number of nitrogens with one attached hydrogen (secondary N) is 1. The van der Waals surface area contributed by atoms with Crippen molar-refractivity contribution in [2.24, 2.45) is 0 Å². The molecule has 0 amide bonds. The first-order valence-electron chi connectivity index (χ1n) is 10.1. The van der Waals surface area contributed by atoms with Crippen LogP contribution in [0.15, 0.2) is 6.33 Å². The number of imidazole rings is 1. The molecule has 0 bridgehead atoms. The maximum Gasteiger partial charge on any atom is 0.303 e. The molecule has 1 aliphatic heterocycles. The van der Waals surface area contributed by atoms with E-state index in [1.165, 1.54) is 27.1 Å². The molecule has 13 nitrogen and oxygen atoms in total. The average molecular weight is 577 g/mol. The summed E-state index contributed by atoms with van der Waals surface area (Å²) in [4.78, 5) is 53.4. The van der Waals surface area contributed by atoms with Crippen LogP contribution < -0.4 is 5.48 Å². The van der Waals surface area contributed by atoms with E-state index in [9.17, 15) is 14.4 Å². The van der Waals surface area contributed by atoms with Crippen LogP contribution in [0.4, 0.5) is 5.82 Å². The van der Waals surface area contributed by atoms with Crippen LogP contribution in [0, 0.1) is 3.83 Å². The number of hydrogen-bond donors (Lipinski definition) is 1. The molecule has 3 heterocycles. The molecule has 180 valence electrons. The lowest BCUT2D eigenvalue weighted by Gasteiger charge is -2.23. The van der Waals surface area contributed by atoms with Crippen molar-refractivity contribution in [2.45, 2.75) is 58.7 Å². The number of nitrogens with zero attached hydrogens (tertiary/aromatic N) is 4. The molecule has 4 atom stereocenters. The normalized spacial score (nSPS) is 22.2. The van der Waals surface area contributed by atoms with Gasteiger partial charge in [-0.25, -0.2) is 20.4 Å². The van der Waals surface area contributed by atoms with E-state index in [4.69, 9.17) is 23.8 Å². The van der Waals surface area contributed by atoms with Gasteiger partial charge in [0.15, 0.2) is 39.2 Å². The second kappa shape index (κ2) is 11.0. The first kappa shape index (κ1) is 25.0. The molecule has 1 saturated heterocycles. The Bertz CT molecular complexity index is 1030. The van der Waals surface area contributed by atoms with E-state index < -0.39 is 42.4 Å². The van der Waals surface area contributed by atoms with E-state index >= 15 is 0 Å². The number of hydrogen-bond acceptors (Lipinski definition) is 12. The minimum Gasteiger partial charge on any atom is -0.463 e. The predicted octanol–water partition coefficient (Wildman–Crippen LogP) is 1.51. The van der Waals surface area contributed by atoms with Gasteiger partial charge >= 0.3 is 17.9 Å². The van der Waals surface area contributed by atoms with Crippen molar-refractivity contribution in [2.75, 3.05) is 18.7 Å². The highest BCUT2D eigenvalue weighted by molar-refractivity contribution is 14.1. The lowest BCUT2D eigenvalue weighted by molar-refractivity contribution is -0.166. The summed E-state index contributed by atoms with van der Waals surface area (Å²) < 4.78 is 23.9. The van der Waals surface area contributed by atoms with Gasteiger partial charge in [0.25, 0.3) is 0 Å². The highest BCUT2D eigenvalue weighted by Crippen LogP contribution is 2.36. The first-order chi connectivity index (χ1) is 15.7. The lowest BCUT2D eigenvalue weighted by atomic mass is 10.1. The summed E-state index contributed by atoms with van der Waals surface area (Å²) in [5.74, 6) is -1.40. The molecule has 0 saturated carbocycles. The smallest absolute Gasteiger partial charge is 0.303 e. The maximum absolute atomic E-state index is 11.9. The Morgan fingerprint density at radius 3 is 2.45 bits per heavy atom. The van der Waals surface area contributed by atoms with Crippen LogP contribution in [-0.2, 0) is 38.2 Å². The van der Waals surface area contributed by atoms with E-state index in [1.54, 1.807) is 4.57 Å². The third-order valence-electron chi connectivity index (χ3n) is 4.48. The van der Waals surface area contributed by atoms with Crippen LogP contribution in [0.3, 0.4) is 0 Å². The number of aromatic nitrogens is 4. The van der Waals surface area contributed by atoms with Gasteiger partial charge in [0, 0.05) is 43.4 Å². The third kappa shape index (κ3) is 6.05. The Hall–Kier alpha value is -2.59. The van der Waals surface area contributed by atoms with Crippen LogP contribution in [-0.4, -0.2) is 69.0 Å². The molecule has 4 unspecified atom stereocenters. The number of halogens is 1. The molecule has 2 aromatic rings. The van der Waals surface area contributed by atoms with E-state index in [0.29, 0.717) is 27.4 Å². The van der Waals surface area contributed by atoms with Crippen molar-refractivity contribution in [1.82, 2.24) is 19.5 Å². The van der Waals surface area contributed by atoms with Crippen molar-refractivity contribution in [3.8, 4) is 0 Å². The molecular formula is C19H24IN5O8. The van der Waals surface area contributed by atoms with Crippen LogP contribution >= 0.6 is 22.6 Å². The SMILES string of the molecule is CCCONc1nc(I)nc2c1ncn2C1OC(COC(C)=O)C(OC(C)=O)C1OC(C)=O. The summed E-state index contributed by atoms with van der Waals surface area (Å²) in [5, 5.41) is 0. The second-order valence-electron chi connectivity index (χ2n) is 7.13. The topological polar surface area (TPSA) is 153 Å². The fourth-order valence-corrected chi connectivity index (χ4v) is 3.76.